The molecule has 0 aliphatic carbocycles. The molecule has 0 rings (SSSR count). The molecule has 0 aliphatic rings. The number of unbranched alkanes of at least 4 members (excludes halogenated alkanes) is 1. The first-order chi connectivity index (χ1) is 21.9. The monoisotopic (exact) mass is 664 g/mol. The summed E-state index contributed by atoms with van der Waals surface area (Å²) in [7, 11) is 0. The van der Waals surface area contributed by atoms with Crippen LogP contribution in [0, 0.1) is 0 Å². The Labute approximate surface area is 271 Å². The average molecular weight is 665 g/mol. The second-order valence-corrected chi connectivity index (χ2v) is 11.2. The van der Waals surface area contributed by atoms with E-state index >= 15 is 0 Å². The van der Waals surface area contributed by atoms with Gasteiger partial charge in [0.05, 0.1) is 24.4 Å². The van der Waals surface area contributed by atoms with Gasteiger partial charge in [0.15, 0.2) is 0 Å². The SMILES string of the molecule is NCC(O)CNC(=O)CCN(CCCCN(CCC(=O)NCC(O)CN)CCC(=O)NCC(O)CN)CCC(=O)NCC(O)CN. The predicted molar refractivity (Wildman–Crippen MR) is 173 cm³/mol. The number of aliphatic hydroxyl groups is 4. The van der Waals surface area contributed by atoms with Gasteiger partial charge in [0.2, 0.25) is 23.6 Å². The Balaban J connectivity index is 5.07. The molecule has 4 amide bonds. The molecular formula is C28H60N10O8. The summed E-state index contributed by atoms with van der Waals surface area (Å²) in [5.74, 6) is -1.02. The zero-order chi connectivity index (χ0) is 34.7. The van der Waals surface area contributed by atoms with Crippen LogP contribution in [0.25, 0.3) is 0 Å². The Kier molecular flexibility index (Phi) is 26.1. The van der Waals surface area contributed by atoms with Crippen LogP contribution < -0.4 is 44.2 Å². The van der Waals surface area contributed by atoms with E-state index in [0.29, 0.717) is 52.1 Å². The van der Waals surface area contributed by atoms with Crippen LogP contribution in [0.3, 0.4) is 0 Å². The highest BCUT2D eigenvalue weighted by Gasteiger charge is 2.15. The van der Waals surface area contributed by atoms with Gasteiger partial charge >= 0.3 is 0 Å². The van der Waals surface area contributed by atoms with Crippen molar-refractivity contribution in [3.63, 3.8) is 0 Å². The zero-order valence-electron chi connectivity index (χ0n) is 27.1. The molecule has 4 atom stereocenters. The molecule has 0 radical (unpaired) electrons. The third-order valence-electron chi connectivity index (χ3n) is 7.05. The Morgan fingerprint density at radius 2 is 0.652 bits per heavy atom. The second kappa shape index (κ2) is 27.6. The first kappa shape index (κ1) is 43.5. The summed E-state index contributed by atoms with van der Waals surface area (Å²) >= 11 is 0. The van der Waals surface area contributed by atoms with Gasteiger partial charge in [-0.3, -0.25) is 19.2 Å². The van der Waals surface area contributed by atoms with Gasteiger partial charge in [0.25, 0.3) is 0 Å². The topological polar surface area (TPSA) is 308 Å². The third kappa shape index (κ3) is 24.7. The molecule has 270 valence electrons. The highest BCUT2D eigenvalue weighted by atomic mass is 16.3. The van der Waals surface area contributed by atoms with Crippen LogP contribution in [-0.4, -0.2) is 170 Å². The molecule has 0 fully saturated rings. The molecule has 0 saturated heterocycles. The van der Waals surface area contributed by atoms with Crippen molar-refractivity contribution in [2.24, 2.45) is 22.9 Å². The van der Waals surface area contributed by atoms with Gasteiger partial charge in [-0.15, -0.1) is 0 Å². The Hall–Kier alpha value is -2.52. The van der Waals surface area contributed by atoms with Gasteiger partial charge in [-0.25, -0.2) is 0 Å². The third-order valence-corrected chi connectivity index (χ3v) is 7.05. The van der Waals surface area contributed by atoms with Crippen LogP contribution in [0.15, 0.2) is 0 Å². The van der Waals surface area contributed by atoms with E-state index in [1.807, 2.05) is 9.80 Å². The molecule has 16 N–H and O–H groups in total. The lowest BCUT2D eigenvalue weighted by Gasteiger charge is -2.25. The van der Waals surface area contributed by atoms with Crippen molar-refractivity contribution >= 4 is 23.6 Å². The normalized spacial score (nSPS) is 14.0. The van der Waals surface area contributed by atoms with Crippen LogP contribution in [0.1, 0.15) is 38.5 Å². The van der Waals surface area contributed by atoms with Gasteiger partial charge in [-0.05, 0) is 25.9 Å². The van der Waals surface area contributed by atoms with Crippen LogP contribution in [0.2, 0.25) is 0 Å². The van der Waals surface area contributed by atoms with E-state index in [2.05, 4.69) is 21.3 Å². The van der Waals surface area contributed by atoms with Gasteiger partial charge in [0, 0.05) is 104 Å². The number of carbonyl (C=O) groups is 4. The van der Waals surface area contributed by atoms with E-state index in [1.54, 1.807) is 0 Å². The van der Waals surface area contributed by atoms with E-state index in [4.69, 9.17) is 22.9 Å². The summed E-state index contributed by atoms with van der Waals surface area (Å²) in [5.41, 5.74) is 21.5. The summed E-state index contributed by atoms with van der Waals surface area (Å²) < 4.78 is 0. The second-order valence-electron chi connectivity index (χ2n) is 11.2. The van der Waals surface area contributed by atoms with Gasteiger partial charge < -0.3 is 74.4 Å². The van der Waals surface area contributed by atoms with Crippen LogP contribution in [0.5, 0.6) is 0 Å². The Morgan fingerprint density at radius 1 is 0.435 bits per heavy atom. The number of hydrogen-bond acceptors (Lipinski definition) is 14. The molecule has 0 aromatic heterocycles. The quantitative estimate of drug-likeness (QED) is 0.0331. The minimum atomic E-state index is -0.831. The fourth-order valence-electron chi connectivity index (χ4n) is 3.99. The van der Waals surface area contributed by atoms with Crippen molar-refractivity contribution in [1.82, 2.24) is 31.1 Å². The van der Waals surface area contributed by atoms with E-state index in [0.717, 1.165) is 0 Å². The maximum Gasteiger partial charge on any atom is 0.221 e. The minimum absolute atomic E-state index is 0.0293. The van der Waals surface area contributed by atoms with E-state index in [-0.39, 0.29) is 102 Å². The predicted octanol–water partition coefficient (Wildman–Crippen LogP) is -6.33. The average Bonchev–Trinajstić information content (AvgIpc) is 3.06. The number of rotatable bonds is 29. The minimum Gasteiger partial charge on any atom is -0.390 e. The molecule has 0 spiro atoms. The van der Waals surface area contributed by atoms with E-state index in [1.165, 1.54) is 0 Å². The molecule has 46 heavy (non-hydrogen) atoms. The highest BCUT2D eigenvalue weighted by Crippen LogP contribution is 2.04. The number of hydrogen-bond donors (Lipinski definition) is 12. The Bertz CT molecular complexity index is 718. The van der Waals surface area contributed by atoms with E-state index < -0.39 is 24.4 Å². The molecule has 0 bridgehead atoms. The lowest BCUT2D eigenvalue weighted by Crippen LogP contribution is -2.40. The Morgan fingerprint density at radius 3 is 0.848 bits per heavy atom. The molecule has 0 aliphatic heterocycles. The molecular weight excluding hydrogens is 604 g/mol. The van der Waals surface area contributed by atoms with Crippen molar-refractivity contribution in [2.45, 2.75) is 62.9 Å². The maximum atomic E-state index is 12.3. The number of carbonyl (C=O) groups excluding carboxylic acids is 4. The summed E-state index contributed by atoms with van der Waals surface area (Å²) in [6, 6.07) is 0. The van der Waals surface area contributed by atoms with Crippen molar-refractivity contribution in [2.75, 3.05) is 91.6 Å². The number of nitrogens with two attached hydrogens (primary N) is 4. The fraction of sp³-hybridized carbons (Fsp3) is 0.857. The maximum absolute atomic E-state index is 12.3. The van der Waals surface area contributed by atoms with Crippen molar-refractivity contribution in [3.05, 3.63) is 0 Å². The lowest BCUT2D eigenvalue weighted by atomic mass is 10.2. The standard InChI is InChI=1S/C28H60N10O8/c29-13-21(39)17-33-25(43)3-9-37(10-4-26(44)34-18-22(40)14-30)7-1-2-8-38(11-5-27(45)35-19-23(41)15-31)12-6-28(46)36-20-24(42)16-32/h21-24,39-42H,1-20,29-32H2,(H,33,43)(H,34,44)(H,35,45)(H,36,46). The van der Waals surface area contributed by atoms with Gasteiger partial charge in [-0.2, -0.15) is 0 Å². The van der Waals surface area contributed by atoms with Crippen LogP contribution in [-0.2, 0) is 19.2 Å². The largest absolute Gasteiger partial charge is 0.390 e. The first-order valence-electron chi connectivity index (χ1n) is 16.0. The van der Waals surface area contributed by atoms with Crippen LogP contribution in [0.4, 0.5) is 0 Å². The summed E-state index contributed by atoms with van der Waals surface area (Å²) in [6.45, 7) is 2.94. The summed E-state index contributed by atoms with van der Waals surface area (Å²) in [6.07, 6.45) is -1.33. The molecule has 18 heteroatoms. The van der Waals surface area contributed by atoms with Crippen molar-refractivity contribution in [1.29, 1.82) is 0 Å². The van der Waals surface area contributed by atoms with Gasteiger partial charge in [-0.1, -0.05) is 0 Å². The number of aliphatic hydroxyl groups excluding tert-OH is 4. The molecule has 0 heterocycles. The molecule has 0 aromatic carbocycles. The summed E-state index contributed by atoms with van der Waals surface area (Å²) in [4.78, 5) is 53.0. The smallest absolute Gasteiger partial charge is 0.221 e. The lowest BCUT2D eigenvalue weighted by molar-refractivity contribution is -0.123. The fourth-order valence-corrected chi connectivity index (χ4v) is 3.99. The number of amides is 4. The number of nitrogens with one attached hydrogen (secondary N) is 4. The molecule has 4 unspecified atom stereocenters. The zero-order valence-corrected chi connectivity index (χ0v) is 27.1. The van der Waals surface area contributed by atoms with E-state index in [9.17, 15) is 39.6 Å². The first-order valence-corrected chi connectivity index (χ1v) is 16.0. The highest BCUT2D eigenvalue weighted by molar-refractivity contribution is 5.77. The van der Waals surface area contributed by atoms with Crippen LogP contribution >= 0.6 is 0 Å². The molecule has 0 aromatic rings. The molecule has 18 nitrogen and oxygen atoms in total. The number of nitrogens with zero attached hydrogens (tertiary/aromatic N) is 2. The van der Waals surface area contributed by atoms with Gasteiger partial charge in [0.1, 0.15) is 0 Å². The summed E-state index contributed by atoms with van der Waals surface area (Å²) in [5, 5.41) is 48.9. The molecule has 0 saturated carbocycles. The van der Waals surface area contributed by atoms with Crippen molar-refractivity contribution < 1.29 is 39.6 Å². The van der Waals surface area contributed by atoms with Crippen molar-refractivity contribution in [3.8, 4) is 0 Å².